The first kappa shape index (κ1) is 13.7. The second kappa shape index (κ2) is 5.13. The van der Waals surface area contributed by atoms with E-state index in [4.69, 9.17) is 10.5 Å². The Morgan fingerprint density at radius 1 is 1.37 bits per heavy atom. The van der Waals surface area contributed by atoms with Gasteiger partial charge in [-0.1, -0.05) is 37.3 Å². The number of amides is 1. The first-order valence-corrected chi connectivity index (χ1v) is 6.45. The topological polar surface area (TPSA) is 72.7 Å². The summed E-state index contributed by atoms with van der Waals surface area (Å²) in [4.78, 5) is 23.9. The molecule has 4 nitrogen and oxygen atoms in total. The molecule has 0 saturated carbocycles. The van der Waals surface area contributed by atoms with Crippen molar-refractivity contribution in [1.82, 2.24) is 0 Å². The Morgan fingerprint density at radius 3 is 2.42 bits per heavy atom. The number of hydrogen-bond acceptors (Lipinski definition) is 3. The summed E-state index contributed by atoms with van der Waals surface area (Å²) in [5.74, 6) is -1.39. The molecule has 1 heterocycles. The lowest BCUT2D eigenvalue weighted by Gasteiger charge is -2.22. The third-order valence-electron chi connectivity index (χ3n) is 3.79. The molecule has 0 spiro atoms. The lowest BCUT2D eigenvalue weighted by molar-refractivity contribution is -0.134. The fourth-order valence-electron chi connectivity index (χ4n) is 2.21. The number of ketones is 1. The van der Waals surface area contributed by atoms with E-state index in [0.29, 0.717) is 13.0 Å². The predicted molar refractivity (Wildman–Crippen MR) is 71.4 cm³/mol. The van der Waals surface area contributed by atoms with E-state index < -0.39 is 23.3 Å². The summed E-state index contributed by atoms with van der Waals surface area (Å²) in [7, 11) is 0. The number of benzene rings is 1. The van der Waals surface area contributed by atoms with Crippen LogP contribution in [0.4, 0.5) is 0 Å². The van der Waals surface area contributed by atoms with Gasteiger partial charge in [0.15, 0.2) is 5.78 Å². The lowest BCUT2D eigenvalue weighted by atomic mass is 9.80. The van der Waals surface area contributed by atoms with Gasteiger partial charge in [0.25, 0.3) is 0 Å². The Kier molecular flexibility index (Phi) is 3.71. The summed E-state index contributed by atoms with van der Waals surface area (Å²) >= 11 is 0. The van der Waals surface area contributed by atoms with Crippen LogP contribution < -0.4 is 5.73 Å². The monoisotopic (exact) mass is 261 g/mol. The second-order valence-electron chi connectivity index (χ2n) is 5.37. The molecular weight excluding hydrogens is 242 g/mol. The van der Waals surface area contributed by atoms with Gasteiger partial charge in [-0.3, -0.25) is 9.59 Å². The Hall–Kier alpha value is -1.68. The molecular formula is C15H19NO3. The van der Waals surface area contributed by atoms with Crippen molar-refractivity contribution in [2.24, 2.45) is 17.6 Å². The van der Waals surface area contributed by atoms with Crippen LogP contribution in [0.25, 0.3) is 0 Å². The molecule has 1 aromatic carbocycles. The van der Waals surface area contributed by atoms with Crippen LogP contribution in [0.3, 0.4) is 0 Å². The largest absolute Gasteiger partial charge is 0.369 e. The van der Waals surface area contributed by atoms with E-state index in [1.165, 1.54) is 0 Å². The minimum Gasteiger partial charge on any atom is -0.369 e. The van der Waals surface area contributed by atoms with Crippen LogP contribution in [0.15, 0.2) is 30.3 Å². The highest BCUT2D eigenvalue weighted by molar-refractivity contribution is 5.95. The zero-order valence-electron chi connectivity index (χ0n) is 11.3. The third-order valence-corrected chi connectivity index (χ3v) is 3.79. The number of rotatable bonds is 6. The van der Waals surface area contributed by atoms with Crippen molar-refractivity contribution in [1.29, 1.82) is 0 Å². The van der Waals surface area contributed by atoms with Crippen LogP contribution in [-0.4, -0.2) is 23.9 Å². The maximum absolute atomic E-state index is 12.4. The summed E-state index contributed by atoms with van der Waals surface area (Å²) in [5, 5.41) is 0. The van der Waals surface area contributed by atoms with E-state index in [1.54, 1.807) is 13.8 Å². The molecule has 1 aliphatic rings. The molecule has 1 aromatic rings. The van der Waals surface area contributed by atoms with Crippen molar-refractivity contribution in [3.8, 4) is 0 Å². The first-order valence-electron chi connectivity index (χ1n) is 6.45. The zero-order valence-corrected chi connectivity index (χ0v) is 11.3. The fraction of sp³-hybridized carbons (Fsp3) is 0.467. The number of hydrogen-bond donors (Lipinski definition) is 1. The van der Waals surface area contributed by atoms with Crippen LogP contribution >= 0.6 is 0 Å². The summed E-state index contributed by atoms with van der Waals surface area (Å²) in [6.07, 6.45) is 0.517. The average Bonchev–Trinajstić information content (AvgIpc) is 3.15. The molecule has 1 fully saturated rings. The predicted octanol–water partition coefficient (Wildman–Crippen LogP) is 1.32. The van der Waals surface area contributed by atoms with Gasteiger partial charge < -0.3 is 10.5 Å². The van der Waals surface area contributed by atoms with Crippen LogP contribution in [-0.2, 0) is 20.7 Å². The smallest absolute Gasteiger partial charge is 0.220 e. The summed E-state index contributed by atoms with van der Waals surface area (Å²) in [6, 6.07) is 9.65. The molecule has 0 aromatic heterocycles. The number of nitrogens with two attached hydrogens (primary N) is 1. The molecule has 102 valence electrons. The van der Waals surface area contributed by atoms with E-state index in [1.807, 2.05) is 30.3 Å². The van der Waals surface area contributed by atoms with Gasteiger partial charge in [-0.25, -0.2) is 0 Å². The quantitative estimate of drug-likeness (QED) is 0.785. The second-order valence-corrected chi connectivity index (χ2v) is 5.37. The van der Waals surface area contributed by atoms with Crippen LogP contribution in [0.2, 0.25) is 0 Å². The first-order chi connectivity index (χ1) is 8.94. The van der Waals surface area contributed by atoms with Crippen molar-refractivity contribution in [2.45, 2.75) is 25.9 Å². The number of carbonyl (C=O) groups excluding carboxylic acids is 2. The van der Waals surface area contributed by atoms with Crippen molar-refractivity contribution in [2.75, 3.05) is 6.61 Å². The Morgan fingerprint density at radius 2 is 1.95 bits per heavy atom. The molecule has 3 atom stereocenters. The molecule has 1 saturated heterocycles. The van der Waals surface area contributed by atoms with Gasteiger partial charge in [-0.05, 0) is 18.9 Å². The maximum Gasteiger partial charge on any atom is 0.220 e. The third kappa shape index (κ3) is 3.01. The minimum atomic E-state index is -0.719. The highest BCUT2D eigenvalue weighted by Gasteiger charge is 2.51. The van der Waals surface area contributed by atoms with Crippen molar-refractivity contribution < 1.29 is 14.3 Å². The van der Waals surface area contributed by atoms with Crippen molar-refractivity contribution in [3.05, 3.63) is 35.9 Å². The highest BCUT2D eigenvalue weighted by atomic mass is 16.6. The number of Topliss-reactive ketones (excluding diaryl/α,β-unsaturated/α-hetero) is 1. The van der Waals surface area contributed by atoms with E-state index in [9.17, 15) is 9.59 Å². The summed E-state index contributed by atoms with van der Waals surface area (Å²) < 4.78 is 5.20. The van der Waals surface area contributed by atoms with E-state index in [0.717, 1.165) is 5.56 Å². The van der Waals surface area contributed by atoms with Gasteiger partial charge in [0.1, 0.15) is 5.60 Å². The molecule has 1 aliphatic heterocycles. The van der Waals surface area contributed by atoms with Gasteiger partial charge in [-0.2, -0.15) is 0 Å². The molecule has 2 N–H and O–H groups in total. The number of ether oxygens (including phenoxy) is 1. The van der Waals surface area contributed by atoms with Crippen LogP contribution in [0.1, 0.15) is 19.4 Å². The lowest BCUT2D eigenvalue weighted by Crippen LogP contribution is -2.39. The van der Waals surface area contributed by atoms with E-state index in [-0.39, 0.29) is 5.78 Å². The van der Waals surface area contributed by atoms with Gasteiger partial charge in [0.2, 0.25) is 5.91 Å². The molecule has 1 unspecified atom stereocenters. The highest BCUT2D eigenvalue weighted by Crippen LogP contribution is 2.34. The SMILES string of the molecule is CC(C(N)=O)[C@H](Cc1ccccc1)C(=O)[C@]1(C)CO1. The minimum absolute atomic E-state index is 0.0253. The number of carbonyl (C=O) groups is 2. The Bertz CT molecular complexity index is 479. The Labute approximate surface area is 112 Å². The van der Waals surface area contributed by atoms with E-state index >= 15 is 0 Å². The van der Waals surface area contributed by atoms with Gasteiger partial charge in [0, 0.05) is 11.8 Å². The molecule has 0 radical (unpaired) electrons. The normalized spacial score (nSPS) is 24.5. The molecule has 4 heteroatoms. The molecule has 19 heavy (non-hydrogen) atoms. The molecule has 0 aliphatic carbocycles. The van der Waals surface area contributed by atoms with Crippen molar-refractivity contribution in [3.63, 3.8) is 0 Å². The zero-order chi connectivity index (χ0) is 14.0. The Balaban J connectivity index is 2.19. The van der Waals surface area contributed by atoms with Crippen molar-refractivity contribution >= 4 is 11.7 Å². The summed E-state index contributed by atoms with van der Waals surface area (Å²) in [5.41, 5.74) is 5.67. The van der Waals surface area contributed by atoms with E-state index in [2.05, 4.69) is 0 Å². The van der Waals surface area contributed by atoms with Gasteiger partial charge >= 0.3 is 0 Å². The average molecular weight is 261 g/mol. The number of primary amides is 1. The fourth-order valence-corrected chi connectivity index (χ4v) is 2.21. The van der Waals surface area contributed by atoms with Gasteiger partial charge in [0.05, 0.1) is 6.61 Å². The van der Waals surface area contributed by atoms with Gasteiger partial charge in [-0.15, -0.1) is 0 Å². The molecule has 0 bridgehead atoms. The van der Waals surface area contributed by atoms with Crippen LogP contribution in [0.5, 0.6) is 0 Å². The maximum atomic E-state index is 12.4. The standard InChI is InChI=1S/C15H19NO3/c1-10(14(16)18)12(13(17)15(2)9-19-15)8-11-6-4-3-5-7-11/h3-7,10,12H,8-9H2,1-2H3,(H2,16,18)/t10?,12-,15-/m0/s1. The molecule has 2 rings (SSSR count). The molecule has 1 amide bonds. The summed E-state index contributed by atoms with van der Waals surface area (Å²) in [6.45, 7) is 3.91. The number of epoxide rings is 1. The van der Waals surface area contributed by atoms with Crippen LogP contribution in [0, 0.1) is 11.8 Å².